The van der Waals surface area contributed by atoms with Crippen LogP contribution in [0.3, 0.4) is 0 Å². The first-order valence-electron chi connectivity index (χ1n) is 5.55. The van der Waals surface area contributed by atoms with E-state index in [0.717, 1.165) is 12.8 Å². The van der Waals surface area contributed by atoms with Gasteiger partial charge in [-0.3, -0.25) is 9.78 Å². The third-order valence-corrected chi connectivity index (χ3v) is 2.55. The van der Waals surface area contributed by atoms with Crippen LogP contribution in [0.2, 0.25) is 0 Å². The van der Waals surface area contributed by atoms with Gasteiger partial charge in [-0.15, -0.1) is 0 Å². The molecule has 1 aromatic heterocycles. The van der Waals surface area contributed by atoms with E-state index in [1.807, 2.05) is 13.8 Å². The summed E-state index contributed by atoms with van der Waals surface area (Å²) in [6.07, 6.45) is 4.02. The quantitative estimate of drug-likeness (QED) is 0.842. The van der Waals surface area contributed by atoms with Crippen molar-refractivity contribution >= 4 is 5.91 Å². The number of ether oxygens (including phenoxy) is 1. The fraction of sp³-hybridized carbons (Fsp3) is 0.500. The van der Waals surface area contributed by atoms with E-state index < -0.39 is 5.91 Å². The molecule has 1 saturated carbocycles. The number of hydrogen-bond donors (Lipinski definition) is 1. The Hall–Kier alpha value is -1.58. The van der Waals surface area contributed by atoms with Crippen LogP contribution in [0.5, 0.6) is 5.75 Å². The summed E-state index contributed by atoms with van der Waals surface area (Å²) in [5, 5.41) is 0. The summed E-state index contributed by atoms with van der Waals surface area (Å²) in [7, 11) is 0. The molecule has 0 aliphatic heterocycles. The fourth-order valence-corrected chi connectivity index (χ4v) is 1.61. The van der Waals surface area contributed by atoms with Crippen LogP contribution >= 0.6 is 0 Å². The van der Waals surface area contributed by atoms with Crippen molar-refractivity contribution in [3.8, 4) is 5.75 Å². The van der Waals surface area contributed by atoms with Gasteiger partial charge in [0.05, 0.1) is 11.8 Å². The SMILES string of the molecule is CC(C)c1nccc(OC2CC2)c1C(N)=O. The number of amides is 1. The van der Waals surface area contributed by atoms with Gasteiger partial charge < -0.3 is 10.5 Å². The minimum absolute atomic E-state index is 0.158. The standard InChI is InChI=1S/C12H16N2O2/c1-7(2)11-10(12(13)15)9(5-6-14-11)16-8-3-4-8/h5-8H,3-4H2,1-2H3,(H2,13,15). The molecule has 0 bridgehead atoms. The van der Waals surface area contributed by atoms with Crippen LogP contribution in [-0.4, -0.2) is 17.0 Å². The predicted molar refractivity (Wildman–Crippen MR) is 60.5 cm³/mol. The Balaban J connectivity index is 2.41. The number of carbonyl (C=O) groups excluding carboxylic acids is 1. The molecule has 1 fully saturated rings. The smallest absolute Gasteiger partial charge is 0.254 e. The topological polar surface area (TPSA) is 65.2 Å². The second-order valence-electron chi connectivity index (χ2n) is 4.41. The number of hydrogen-bond acceptors (Lipinski definition) is 3. The Kier molecular flexibility index (Phi) is 2.81. The number of carbonyl (C=O) groups is 1. The van der Waals surface area contributed by atoms with E-state index in [-0.39, 0.29) is 12.0 Å². The van der Waals surface area contributed by atoms with E-state index in [1.165, 1.54) is 0 Å². The monoisotopic (exact) mass is 220 g/mol. The maximum atomic E-state index is 11.5. The molecule has 1 aliphatic rings. The van der Waals surface area contributed by atoms with Crippen molar-refractivity contribution in [1.82, 2.24) is 4.98 Å². The summed E-state index contributed by atoms with van der Waals surface area (Å²) >= 11 is 0. The third kappa shape index (κ3) is 2.15. The molecule has 1 aliphatic carbocycles. The maximum absolute atomic E-state index is 11.5. The van der Waals surface area contributed by atoms with Crippen LogP contribution in [0, 0.1) is 0 Å². The highest BCUT2D eigenvalue weighted by Crippen LogP contribution is 2.31. The number of rotatable bonds is 4. The molecule has 0 unspecified atom stereocenters. The normalized spacial score (nSPS) is 15.2. The summed E-state index contributed by atoms with van der Waals surface area (Å²) in [6, 6.07) is 1.71. The molecule has 16 heavy (non-hydrogen) atoms. The van der Waals surface area contributed by atoms with Gasteiger partial charge in [-0.05, 0) is 24.8 Å². The summed E-state index contributed by atoms with van der Waals surface area (Å²) in [5.41, 5.74) is 6.54. The van der Waals surface area contributed by atoms with Crippen LogP contribution < -0.4 is 10.5 Å². The molecule has 1 aromatic rings. The average Bonchev–Trinajstić information content (AvgIpc) is 3.00. The molecule has 0 spiro atoms. The zero-order valence-electron chi connectivity index (χ0n) is 9.56. The first-order valence-corrected chi connectivity index (χ1v) is 5.55. The average molecular weight is 220 g/mol. The van der Waals surface area contributed by atoms with Crippen LogP contribution in [0.4, 0.5) is 0 Å². The highest BCUT2D eigenvalue weighted by atomic mass is 16.5. The fourth-order valence-electron chi connectivity index (χ4n) is 1.61. The lowest BCUT2D eigenvalue weighted by molar-refractivity contribution is 0.0994. The van der Waals surface area contributed by atoms with Gasteiger partial charge in [0.1, 0.15) is 11.3 Å². The minimum Gasteiger partial charge on any atom is -0.489 e. The summed E-state index contributed by atoms with van der Waals surface area (Å²) in [5.74, 6) is 0.270. The molecular formula is C12H16N2O2. The van der Waals surface area contributed by atoms with E-state index in [9.17, 15) is 4.79 Å². The number of primary amides is 1. The number of nitrogens with two attached hydrogens (primary N) is 1. The van der Waals surface area contributed by atoms with Gasteiger partial charge >= 0.3 is 0 Å². The molecule has 1 amide bonds. The maximum Gasteiger partial charge on any atom is 0.254 e. The Labute approximate surface area is 94.8 Å². The van der Waals surface area contributed by atoms with Gasteiger partial charge in [0.2, 0.25) is 0 Å². The summed E-state index contributed by atoms with van der Waals surface area (Å²) < 4.78 is 5.67. The molecule has 2 N–H and O–H groups in total. The van der Waals surface area contributed by atoms with Gasteiger partial charge in [0.25, 0.3) is 5.91 Å². The molecule has 86 valence electrons. The van der Waals surface area contributed by atoms with Crippen molar-refractivity contribution in [2.24, 2.45) is 5.73 Å². The lowest BCUT2D eigenvalue weighted by Gasteiger charge is -2.14. The molecule has 4 heteroatoms. The minimum atomic E-state index is -0.465. The van der Waals surface area contributed by atoms with Crippen molar-refractivity contribution in [1.29, 1.82) is 0 Å². The molecule has 0 radical (unpaired) electrons. The van der Waals surface area contributed by atoms with Crippen LogP contribution in [-0.2, 0) is 0 Å². The highest BCUT2D eigenvalue weighted by Gasteiger charge is 2.27. The van der Waals surface area contributed by atoms with Crippen molar-refractivity contribution in [2.45, 2.75) is 38.7 Å². The van der Waals surface area contributed by atoms with Gasteiger partial charge in [-0.25, -0.2) is 0 Å². The number of pyridine rings is 1. The second kappa shape index (κ2) is 4.12. The van der Waals surface area contributed by atoms with Crippen LogP contribution in [0.15, 0.2) is 12.3 Å². The zero-order valence-corrected chi connectivity index (χ0v) is 9.56. The van der Waals surface area contributed by atoms with Crippen molar-refractivity contribution in [3.05, 3.63) is 23.5 Å². The largest absolute Gasteiger partial charge is 0.489 e. The number of nitrogens with zero attached hydrogens (tertiary/aromatic N) is 1. The van der Waals surface area contributed by atoms with E-state index >= 15 is 0 Å². The lowest BCUT2D eigenvalue weighted by Crippen LogP contribution is -2.18. The second-order valence-corrected chi connectivity index (χ2v) is 4.41. The summed E-state index contributed by atoms with van der Waals surface area (Å²) in [6.45, 7) is 3.96. The molecule has 4 nitrogen and oxygen atoms in total. The lowest BCUT2D eigenvalue weighted by atomic mass is 10.0. The Bertz CT molecular complexity index is 411. The van der Waals surface area contributed by atoms with E-state index in [1.54, 1.807) is 12.3 Å². The van der Waals surface area contributed by atoms with E-state index in [0.29, 0.717) is 17.0 Å². The molecule has 0 atom stereocenters. The van der Waals surface area contributed by atoms with Crippen LogP contribution in [0.25, 0.3) is 0 Å². The Morgan fingerprint density at radius 1 is 1.56 bits per heavy atom. The molecule has 1 heterocycles. The molecule has 0 saturated heterocycles. The van der Waals surface area contributed by atoms with Gasteiger partial charge in [0.15, 0.2) is 0 Å². The van der Waals surface area contributed by atoms with Crippen molar-refractivity contribution in [2.75, 3.05) is 0 Å². The Morgan fingerprint density at radius 2 is 2.25 bits per heavy atom. The van der Waals surface area contributed by atoms with E-state index in [2.05, 4.69) is 4.98 Å². The highest BCUT2D eigenvalue weighted by molar-refractivity contribution is 5.96. The van der Waals surface area contributed by atoms with Gasteiger partial charge in [-0.1, -0.05) is 13.8 Å². The zero-order chi connectivity index (χ0) is 11.7. The van der Waals surface area contributed by atoms with Crippen molar-refractivity contribution < 1.29 is 9.53 Å². The Morgan fingerprint density at radius 3 is 2.75 bits per heavy atom. The van der Waals surface area contributed by atoms with Crippen LogP contribution in [0.1, 0.15) is 48.7 Å². The predicted octanol–water partition coefficient (Wildman–Crippen LogP) is 1.85. The van der Waals surface area contributed by atoms with E-state index in [4.69, 9.17) is 10.5 Å². The van der Waals surface area contributed by atoms with Crippen molar-refractivity contribution in [3.63, 3.8) is 0 Å². The number of aromatic nitrogens is 1. The molecular weight excluding hydrogens is 204 g/mol. The third-order valence-electron chi connectivity index (χ3n) is 2.55. The first-order chi connectivity index (χ1) is 7.59. The molecule has 0 aromatic carbocycles. The summed E-state index contributed by atoms with van der Waals surface area (Å²) in [4.78, 5) is 15.7. The van der Waals surface area contributed by atoms with Gasteiger partial charge in [-0.2, -0.15) is 0 Å². The first kappa shape index (κ1) is 10.9. The molecule has 2 rings (SSSR count). The van der Waals surface area contributed by atoms with Gasteiger partial charge in [0, 0.05) is 6.20 Å².